The fraction of sp³-hybridized carbons (Fsp3) is 0.348. The van der Waals surface area contributed by atoms with Crippen molar-refractivity contribution in [3.63, 3.8) is 0 Å². The van der Waals surface area contributed by atoms with E-state index >= 15 is 0 Å². The Kier molecular flexibility index (Phi) is 5.97. The molecule has 1 atom stereocenters. The second-order valence-electron chi connectivity index (χ2n) is 7.50. The number of rotatable bonds is 6. The molecule has 1 aromatic heterocycles. The van der Waals surface area contributed by atoms with Gasteiger partial charge in [-0.25, -0.2) is 4.98 Å². The molecule has 2 heterocycles. The highest BCUT2D eigenvalue weighted by atomic mass is 16.5. The van der Waals surface area contributed by atoms with Crippen LogP contribution >= 0.6 is 0 Å². The number of nitrogens with zero attached hydrogens (tertiary/aromatic N) is 2. The van der Waals surface area contributed by atoms with E-state index in [2.05, 4.69) is 10.3 Å². The summed E-state index contributed by atoms with van der Waals surface area (Å²) in [6.07, 6.45) is 1.87. The molecule has 3 aromatic rings. The van der Waals surface area contributed by atoms with Crippen LogP contribution in [0.25, 0.3) is 11.1 Å². The second kappa shape index (κ2) is 8.98. The van der Waals surface area contributed by atoms with Crippen LogP contribution in [-0.4, -0.2) is 41.4 Å². The van der Waals surface area contributed by atoms with Gasteiger partial charge in [-0.2, -0.15) is 0 Å². The molecule has 0 bridgehead atoms. The lowest BCUT2D eigenvalue weighted by Crippen LogP contribution is -2.44. The molecular formula is C23H25N3O4. The van der Waals surface area contributed by atoms with Gasteiger partial charge in [0.25, 0.3) is 0 Å². The average Bonchev–Trinajstić information content (AvgIpc) is 3.14. The van der Waals surface area contributed by atoms with Crippen LogP contribution in [0.2, 0.25) is 0 Å². The van der Waals surface area contributed by atoms with Crippen molar-refractivity contribution < 1.29 is 18.7 Å². The van der Waals surface area contributed by atoms with Crippen LogP contribution in [0, 0.1) is 12.8 Å². The number of benzene rings is 2. The Balaban J connectivity index is 1.29. The quantitative estimate of drug-likeness (QED) is 0.672. The summed E-state index contributed by atoms with van der Waals surface area (Å²) in [4.78, 5) is 31.4. The number of carbonyl (C=O) groups is 2. The molecule has 0 aliphatic carbocycles. The number of carbonyl (C=O) groups excluding carboxylic acids is 2. The number of anilines is 1. The molecule has 4 rings (SSSR count). The molecule has 1 N–H and O–H groups in total. The van der Waals surface area contributed by atoms with Crippen molar-refractivity contribution in [2.24, 2.45) is 5.92 Å². The Hall–Kier alpha value is -3.35. The SMILES string of the molecule is Cc1nc2cc(NC(=O)C3CCCN(C(=O)CCOc4ccccc4)C3)ccc2o1. The summed E-state index contributed by atoms with van der Waals surface area (Å²) < 4.78 is 11.1. The Morgan fingerprint density at radius 2 is 2.07 bits per heavy atom. The van der Waals surface area contributed by atoms with E-state index in [0.29, 0.717) is 48.8 Å². The van der Waals surface area contributed by atoms with Gasteiger partial charge in [0.1, 0.15) is 11.3 Å². The first-order chi connectivity index (χ1) is 14.6. The molecule has 30 heavy (non-hydrogen) atoms. The number of oxazole rings is 1. The summed E-state index contributed by atoms with van der Waals surface area (Å²) in [5.74, 6) is 1.05. The van der Waals surface area contributed by atoms with Gasteiger partial charge in [-0.15, -0.1) is 0 Å². The summed E-state index contributed by atoms with van der Waals surface area (Å²) in [5.41, 5.74) is 2.09. The number of fused-ring (bicyclic) bond motifs is 1. The third-order valence-corrected chi connectivity index (χ3v) is 5.23. The standard InChI is InChI=1S/C23H25N3O4/c1-16-24-20-14-18(9-10-21(20)30-16)25-23(28)17-6-5-12-26(15-17)22(27)11-13-29-19-7-3-2-4-8-19/h2-4,7-10,14,17H,5-6,11-13,15H2,1H3,(H,25,28). The van der Waals surface area contributed by atoms with Crippen molar-refractivity contribution >= 4 is 28.6 Å². The van der Waals surface area contributed by atoms with Gasteiger partial charge in [0.2, 0.25) is 11.8 Å². The summed E-state index contributed by atoms with van der Waals surface area (Å²) in [6, 6.07) is 14.8. The van der Waals surface area contributed by atoms with Gasteiger partial charge in [-0.05, 0) is 43.2 Å². The first-order valence-corrected chi connectivity index (χ1v) is 10.2. The molecule has 2 aromatic carbocycles. The van der Waals surface area contributed by atoms with Gasteiger partial charge in [0, 0.05) is 25.7 Å². The fourth-order valence-electron chi connectivity index (χ4n) is 3.71. The highest BCUT2D eigenvalue weighted by Crippen LogP contribution is 2.23. The lowest BCUT2D eigenvalue weighted by molar-refractivity contribution is -0.135. The number of piperidine rings is 1. The average molecular weight is 407 g/mol. The Morgan fingerprint density at radius 3 is 2.90 bits per heavy atom. The van der Waals surface area contributed by atoms with Crippen molar-refractivity contribution in [2.75, 3.05) is 25.0 Å². The van der Waals surface area contributed by atoms with Crippen LogP contribution in [0.4, 0.5) is 5.69 Å². The van der Waals surface area contributed by atoms with Crippen LogP contribution in [0.1, 0.15) is 25.2 Å². The Labute approximate surface area is 175 Å². The van der Waals surface area contributed by atoms with Crippen LogP contribution in [0.15, 0.2) is 52.9 Å². The number of nitrogens with one attached hydrogen (secondary N) is 1. The van der Waals surface area contributed by atoms with Gasteiger partial charge in [0.15, 0.2) is 11.5 Å². The van der Waals surface area contributed by atoms with E-state index in [1.165, 1.54) is 0 Å². The minimum atomic E-state index is -0.229. The van der Waals surface area contributed by atoms with E-state index < -0.39 is 0 Å². The van der Waals surface area contributed by atoms with Crippen molar-refractivity contribution in [2.45, 2.75) is 26.2 Å². The molecule has 1 unspecified atom stereocenters. The minimum Gasteiger partial charge on any atom is -0.493 e. The summed E-state index contributed by atoms with van der Waals surface area (Å²) >= 11 is 0. The molecule has 1 fully saturated rings. The van der Waals surface area contributed by atoms with Crippen LogP contribution in [-0.2, 0) is 9.59 Å². The number of likely N-dealkylation sites (tertiary alicyclic amines) is 1. The lowest BCUT2D eigenvalue weighted by Gasteiger charge is -2.32. The largest absolute Gasteiger partial charge is 0.493 e. The van der Waals surface area contributed by atoms with E-state index in [1.54, 1.807) is 30.0 Å². The molecule has 2 amide bonds. The monoisotopic (exact) mass is 407 g/mol. The third kappa shape index (κ3) is 4.79. The van der Waals surface area contributed by atoms with Crippen molar-refractivity contribution in [1.82, 2.24) is 9.88 Å². The van der Waals surface area contributed by atoms with Crippen molar-refractivity contribution in [3.05, 3.63) is 54.4 Å². The molecule has 0 saturated carbocycles. The van der Waals surface area contributed by atoms with Crippen LogP contribution < -0.4 is 10.1 Å². The smallest absolute Gasteiger partial charge is 0.229 e. The topological polar surface area (TPSA) is 84.7 Å². The zero-order valence-corrected chi connectivity index (χ0v) is 17.0. The fourth-order valence-corrected chi connectivity index (χ4v) is 3.71. The molecule has 1 aliphatic heterocycles. The number of aryl methyl sites for hydroxylation is 1. The minimum absolute atomic E-state index is 0.0166. The Morgan fingerprint density at radius 1 is 1.23 bits per heavy atom. The molecule has 1 aliphatic rings. The van der Waals surface area contributed by atoms with Crippen molar-refractivity contribution in [3.8, 4) is 5.75 Å². The number of hydrogen-bond acceptors (Lipinski definition) is 5. The number of ether oxygens (including phenoxy) is 1. The first-order valence-electron chi connectivity index (χ1n) is 10.2. The molecule has 0 spiro atoms. The summed E-state index contributed by atoms with van der Waals surface area (Å²) in [5, 5.41) is 2.95. The maximum atomic E-state index is 12.8. The molecule has 7 heteroatoms. The van der Waals surface area contributed by atoms with Gasteiger partial charge in [0.05, 0.1) is 18.9 Å². The highest BCUT2D eigenvalue weighted by Gasteiger charge is 2.28. The number of aromatic nitrogens is 1. The van der Waals surface area contributed by atoms with E-state index in [4.69, 9.17) is 9.15 Å². The predicted molar refractivity (Wildman–Crippen MR) is 113 cm³/mol. The predicted octanol–water partition coefficient (Wildman–Crippen LogP) is 3.78. The highest BCUT2D eigenvalue weighted by molar-refractivity contribution is 5.94. The third-order valence-electron chi connectivity index (χ3n) is 5.23. The van der Waals surface area contributed by atoms with E-state index in [1.807, 2.05) is 30.3 Å². The molecular weight excluding hydrogens is 382 g/mol. The van der Waals surface area contributed by atoms with Gasteiger partial charge in [-0.3, -0.25) is 9.59 Å². The summed E-state index contributed by atoms with van der Waals surface area (Å²) in [7, 11) is 0. The summed E-state index contributed by atoms with van der Waals surface area (Å²) in [6.45, 7) is 3.23. The van der Waals surface area contributed by atoms with Gasteiger partial charge in [-0.1, -0.05) is 18.2 Å². The maximum absolute atomic E-state index is 12.8. The lowest BCUT2D eigenvalue weighted by atomic mass is 9.96. The Bertz CT molecular complexity index is 1030. The molecule has 156 valence electrons. The molecule has 7 nitrogen and oxygen atoms in total. The van der Waals surface area contributed by atoms with Gasteiger partial charge >= 0.3 is 0 Å². The number of amides is 2. The van der Waals surface area contributed by atoms with Crippen LogP contribution in [0.5, 0.6) is 5.75 Å². The van der Waals surface area contributed by atoms with Crippen molar-refractivity contribution in [1.29, 1.82) is 0 Å². The van der Waals surface area contributed by atoms with Crippen LogP contribution in [0.3, 0.4) is 0 Å². The zero-order chi connectivity index (χ0) is 20.9. The van der Waals surface area contributed by atoms with E-state index in [0.717, 1.165) is 18.6 Å². The zero-order valence-electron chi connectivity index (χ0n) is 17.0. The normalized spacial score (nSPS) is 16.4. The number of para-hydroxylation sites is 1. The molecule has 0 radical (unpaired) electrons. The maximum Gasteiger partial charge on any atom is 0.229 e. The first kappa shape index (κ1) is 19.9. The number of hydrogen-bond donors (Lipinski definition) is 1. The van der Waals surface area contributed by atoms with E-state index in [-0.39, 0.29) is 17.7 Å². The van der Waals surface area contributed by atoms with Gasteiger partial charge < -0.3 is 19.4 Å². The van der Waals surface area contributed by atoms with E-state index in [9.17, 15) is 9.59 Å². The second-order valence-corrected chi connectivity index (χ2v) is 7.50. The molecule has 1 saturated heterocycles.